The molecule has 0 aromatic carbocycles. The van der Waals surface area contributed by atoms with Crippen molar-refractivity contribution in [3.05, 3.63) is 0 Å². The lowest BCUT2D eigenvalue weighted by Crippen LogP contribution is -2.72. The van der Waals surface area contributed by atoms with E-state index in [1.54, 1.807) is 0 Å². The molecule has 2 unspecified atom stereocenters. The number of ether oxygens (including phenoxy) is 3. The Kier molecular flexibility index (Phi) is 5.65. The van der Waals surface area contributed by atoms with E-state index in [0.717, 1.165) is 38.5 Å². The maximum absolute atomic E-state index is 13.0. The molecule has 6 fully saturated rings. The van der Waals surface area contributed by atoms with E-state index in [1.807, 2.05) is 0 Å². The summed E-state index contributed by atoms with van der Waals surface area (Å²) in [6.45, 7) is 21.1. The van der Waals surface area contributed by atoms with E-state index in [0.29, 0.717) is 38.3 Å². The van der Waals surface area contributed by atoms with Crippen LogP contribution >= 0.6 is 0 Å². The highest BCUT2D eigenvalue weighted by atomic mass is 16.6. The Labute approximate surface area is 225 Å². The van der Waals surface area contributed by atoms with Gasteiger partial charge in [0.2, 0.25) is 0 Å². The van der Waals surface area contributed by atoms with Gasteiger partial charge in [-0.1, -0.05) is 55.4 Å². The summed E-state index contributed by atoms with van der Waals surface area (Å²) in [5.41, 5.74) is -2.68. The van der Waals surface area contributed by atoms with Crippen molar-refractivity contribution in [2.45, 2.75) is 130 Å². The van der Waals surface area contributed by atoms with Gasteiger partial charge in [-0.05, 0) is 74.0 Å². The van der Waals surface area contributed by atoms with Crippen LogP contribution < -0.4 is 0 Å². The van der Waals surface area contributed by atoms with Crippen LogP contribution in [0.2, 0.25) is 0 Å². The van der Waals surface area contributed by atoms with Crippen molar-refractivity contribution in [3.8, 4) is 0 Å². The Morgan fingerprint density at radius 2 is 1.03 bits per heavy atom. The van der Waals surface area contributed by atoms with Crippen LogP contribution in [0.3, 0.4) is 0 Å². The normalized spacial score (nSPS) is 49.5. The van der Waals surface area contributed by atoms with Gasteiger partial charge in [0.1, 0.15) is 0 Å². The van der Waals surface area contributed by atoms with Gasteiger partial charge in [-0.3, -0.25) is 0 Å². The minimum Gasteiger partial charge on any atom is -0.387 e. The number of hydrogen-bond donors (Lipinski definition) is 2. The summed E-state index contributed by atoms with van der Waals surface area (Å²) in [6.07, 6.45) is 7.10. The first-order valence-electron chi connectivity index (χ1n) is 15.4. The molecule has 6 rings (SSSR count). The van der Waals surface area contributed by atoms with Crippen molar-refractivity contribution in [2.24, 2.45) is 44.3 Å². The zero-order chi connectivity index (χ0) is 26.9. The molecule has 8 atom stereocenters. The van der Waals surface area contributed by atoms with Crippen LogP contribution in [0.1, 0.15) is 107 Å². The molecule has 0 amide bonds. The number of aliphatic hydroxyl groups is 2. The Balaban J connectivity index is 1.47. The minimum absolute atomic E-state index is 0.0533. The van der Waals surface area contributed by atoms with E-state index in [4.69, 9.17) is 14.2 Å². The molecular formula is C32H54O5. The highest BCUT2D eigenvalue weighted by Gasteiger charge is 2.77. The third-order valence-electron chi connectivity index (χ3n) is 15.1. The largest absolute Gasteiger partial charge is 0.387 e. The number of fused-ring (bicyclic) bond motifs is 4. The molecule has 4 bridgehead atoms. The summed E-state index contributed by atoms with van der Waals surface area (Å²) in [6, 6.07) is 0. The van der Waals surface area contributed by atoms with Gasteiger partial charge in [0.15, 0.2) is 0 Å². The fraction of sp³-hybridized carbons (Fsp3) is 1.00. The smallest absolute Gasteiger partial charge is 0.0976 e. The van der Waals surface area contributed by atoms with Crippen LogP contribution in [0.25, 0.3) is 0 Å². The zero-order valence-corrected chi connectivity index (χ0v) is 24.9. The van der Waals surface area contributed by atoms with Crippen LogP contribution in [-0.4, -0.2) is 60.1 Å². The van der Waals surface area contributed by atoms with E-state index in [2.05, 4.69) is 55.4 Å². The lowest BCUT2D eigenvalue weighted by atomic mass is 9.56. The van der Waals surface area contributed by atoms with Crippen LogP contribution in [-0.2, 0) is 14.2 Å². The summed E-state index contributed by atoms with van der Waals surface area (Å²) in [5, 5.41) is 26.0. The van der Waals surface area contributed by atoms with Gasteiger partial charge in [-0.2, -0.15) is 0 Å². The molecule has 2 heterocycles. The standard InChI is InChI=1S/C32H54O5/c1-9-29(17-35-18-29)23(31(33)15-21-11-13-27(31,7)25(21,3)4)37-24(30(10-2)19-36-20-30)32(34)16-22-12-14-28(32,8)26(22,5)6/h21-24,33-34H,9-20H2,1-8H3/t21-,22-,23?,24?,27-,28-,31-,32-/m1/s1. The fourth-order valence-corrected chi connectivity index (χ4v) is 10.9. The van der Waals surface area contributed by atoms with Crippen LogP contribution in [0.15, 0.2) is 0 Å². The summed E-state index contributed by atoms with van der Waals surface area (Å²) in [7, 11) is 0. The van der Waals surface area contributed by atoms with E-state index in [9.17, 15) is 10.2 Å². The van der Waals surface area contributed by atoms with Crippen molar-refractivity contribution in [1.82, 2.24) is 0 Å². The van der Waals surface area contributed by atoms with E-state index in [1.165, 1.54) is 12.8 Å². The molecule has 0 spiro atoms. The second kappa shape index (κ2) is 7.75. The van der Waals surface area contributed by atoms with Crippen LogP contribution in [0, 0.1) is 44.3 Å². The second-order valence-electron chi connectivity index (χ2n) is 16.1. The first-order valence-corrected chi connectivity index (χ1v) is 15.4. The SMILES string of the molecule is CCC1(C(OC(C2(CC)COC2)[C@]2(O)C[C@H]3CC[C@]2(C)C3(C)C)[C@]2(O)C[C@H]3CC[C@]2(C)C3(C)C)COC1. The minimum atomic E-state index is -0.943. The molecule has 2 N–H and O–H groups in total. The predicted octanol–water partition coefficient (Wildman–Crippen LogP) is 5.75. The monoisotopic (exact) mass is 518 g/mol. The molecule has 4 aliphatic carbocycles. The average Bonchev–Trinajstić information content (AvgIpc) is 3.27. The average molecular weight is 519 g/mol. The number of hydrogen-bond acceptors (Lipinski definition) is 5. The zero-order valence-electron chi connectivity index (χ0n) is 24.9. The lowest BCUT2D eigenvalue weighted by Gasteiger charge is -2.62. The summed E-state index contributed by atoms with van der Waals surface area (Å²) >= 11 is 0. The van der Waals surface area contributed by atoms with E-state index < -0.39 is 11.2 Å². The molecule has 5 heteroatoms. The Hall–Kier alpha value is -0.200. The molecular weight excluding hydrogens is 464 g/mol. The van der Waals surface area contributed by atoms with E-state index in [-0.39, 0.29) is 44.7 Å². The highest BCUT2D eigenvalue weighted by Crippen LogP contribution is 2.75. The molecule has 2 aliphatic heterocycles. The van der Waals surface area contributed by atoms with Crippen molar-refractivity contribution >= 4 is 0 Å². The number of rotatable bonds is 8. The molecule has 4 saturated carbocycles. The quantitative estimate of drug-likeness (QED) is 0.428. The van der Waals surface area contributed by atoms with Crippen molar-refractivity contribution < 1.29 is 24.4 Å². The summed E-state index contributed by atoms with van der Waals surface area (Å²) in [4.78, 5) is 0. The molecule has 5 nitrogen and oxygen atoms in total. The van der Waals surface area contributed by atoms with Gasteiger partial charge in [-0.25, -0.2) is 0 Å². The molecule has 2 saturated heterocycles. The summed E-state index contributed by atoms with van der Waals surface area (Å²) in [5.74, 6) is 0.993. The first-order chi connectivity index (χ1) is 17.1. The Morgan fingerprint density at radius 3 is 1.22 bits per heavy atom. The lowest BCUT2D eigenvalue weighted by molar-refractivity contribution is -0.340. The second-order valence-corrected chi connectivity index (χ2v) is 16.1. The molecule has 0 radical (unpaired) electrons. The van der Waals surface area contributed by atoms with Gasteiger partial charge >= 0.3 is 0 Å². The molecule has 37 heavy (non-hydrogen) atoms. The van der Waals surface area contributed by atoms with Gasteiger partial charge in [-0.15, -0.1) is 0 Å². The van der Waals surface area contributed by atoms with Gasteiger partial charge in [0.05, 0.1) is 49.8 Å². The van der Waals surface area contributed by atoms with Gasteiger partial charge < -0.3 is 24.4 Å². The fourth-order valence-electron chi connectivity index (χ4n) is 10.9. The van der Waals surface area contributed by atoms with Crippen molar-refractivity contribution in [2.75, 3.05) is 26.4 Å². The van der Waals surface area contributed by atoms with E-state index >= 15 is 0 Å². The maximum atomic E-state index is 13.0. The third kappa shape index (κ3) is 2.85. The summed E-state index contributed by atoms with van der Waals surface area (Å²) < 4.78 is 19.4. The molecule has 0 aromatic heterocycles. The maximum Gasteiger partial charge on any atom is 0.0976 e. The van der Waals surface area contributed by atoms with Gasteiger partial charge in [0, 0.05) is 21.7 Å². The molecule has 212 valence electrons. The van der Waals surface area contributed by atoms with Crippen molar-refractivity contribution in [1.29, 1.82) is 0 Å². The predicted molar refractivity (Wildman–Crippen MR) is 144 cm³/mol. The van der Waals surface area contributed by atoms with Gasteiger partial charge in [0.25, 0.3) is 0 Å². The molecule has 0 aromatic rings. The topological polar surface area (TPSA) is 68.2 Å². The Bertz CT molecular complexity index is 850. The van der Waals surface area contributed by atoms with Crippen molar-refractivity contribution in [3.63, 3.8) is 0 Å². The van der Waals surface area contributed by atoms with Crippen LogP contribution in [0.5, 0.6) is 0 Å². The highest BCUT2D eigenvalue weighted by molar-refractivity contribution is 5.26. The molecule has 6 aliphatic rings. The first kappa shape index (κ1) is 27.0. The van der Waals surface area contributed by atoms with Crippen LogP contribution in [0.4, 0.5) is 0 Å². The Morgan fingerprint density at radius 1 is 0.676 bits per heavy atom. The third-order valence-corrected chi connectivity index (χ3v) is 15.1.